The molecule has 4 heterocycles. The maximum absolute atomic E-state index is 12.9. The van der Waals surface area contributed by atoms with Crippen LogP contribution in [-0.4, -0.2) is 32.1 Å². The number of anilines is 3. The molecule has 0 saturated carbocycles. The van der Waals surface area contributed by atoms with E-state index in [1.54, 1.807) is 25.1 Å². The van der Waals surface area contributed by atoms with Gasteiger partial charge in [-0.15, -0.1) is 11.3 Å². The number of carboxylic acids is 1. The van der Waals surface area contributed by atoms with E-state index in [-0.39, 0.29) is 16.6 Å². The van der Waals surface area contributed by atoms with Crippen molar-refractivity contribution in [2.24, 2.45) is 0 Å². The number of aryl methyl sites for hydroxylation is 1. The number of carboxylic acid groups (broad SMARTS) is 1. The lowest BCUT2D eigenvalue weighted by Gasteiger charge is -2.28. The average molecular weight is 449 g/mol. The zero-order chi connectivity index (χ0) is 22.8. The molecule has 0 spiro atoms. The van der Waals surface area contributed by atoms with Gasteiger partial charge in [0.2, 0.25) is 0 Å². The zero-order valence-corrected chi connectivity index (χ0v) is 18.3. The van der Waals surface area contributed by atoms with Gasteiger partial charge in [-0.25, -0.2) is 19.6 Å². The number of aromatic carboxylic acids is 1. The molecule has 0 unspecified atom stereocenters. The first-order valence-corrected chi connectivity index (χ1v) is 10.7. The van der Waals surface area contributed by atoms with E-state index < -0.39 is 12.0 Å². The number of benzene rings is 1. The summed E-state index contributed by atoms with van der Waals surface area (Å²) >= 11 is 1.01. The van der Waals surface area contributed by atoms with Crippen molar-refractivity contribution in [3.05, 3.63) is 59.4 Å². The van der Waals surface area contributed by atoms with Crippen molar-refractivity contribution in [3.63, 3.8) is 0 Å². The fourth-order valence-electron chi connectivity index (χ4n) is 3.28. The summed E-state index contributed by atoms with van der Waals surface area (Å²) in [5.41, 5.74) is 1.75. The lowest BCUT2D eigenvalue weighted by Crippen LogP contribution is -2.34. The zero-order valence-electron chi connectivity index (χ0n) is 17.5. The Kier molecular flexibility index (Phi) is 5.69. The summed E-state index contributed by atoms with van der Waals surface area (Å²) in [5, 5.41) is 12.7. The third-order valence-electron chi connectivity index (χ3n) is 4.56. The molecule has 5 rings (SSSR count). The Morgan fingerprint density at radius 1 is 1.12 bits per heavy atom. The molecule has 0 radical (unpaired) electrons. The van der Waals surface area contributed by atoms with Gasteiger partial charge < -0.3 is 15.2 Å². The van der Waals surface area contributed by atoms with Gasteiger partial charge in [-0.05, 0) is 25.1 Å². The second-order valence-electron chi connectivity index (χ2n) is 6.43. The number of aromatic nitrogens is 3. The number of pyridine rings is 1. The molecule has 0 saturated heterocycles. The van der Waals surface area contributed by atoms with Crippen molar-refractivity contribution in [1.82, 2.24) is 15.0 Å². The molecule has 162 valence electrons. The van der Waals surface area contributed by atoms with Crippen LogP contribution in [0.15, 0.2) is 48.8 Å². The van der Waals surface area contributed by atoms with Gasteiger partial charge in [0.05, 0.1) is 34.3 Å². The minimum atomic E-state index is -1.12. The molecule has 32 heavy (non-hydrogen) atoms. The van der Waals surface area contributed by atoms with Crippen molar-refractivity contribution in [1.29, 1.82) is 0 Å². The Morgan fingerprint density at radius 3 is 2.56 bits per heavy atom. The van der Waals surface area contributed by atoms with Crippen LogP contribution in [0, 0.1) is 6.92 Å². The molecule has 1 aliphatic rings. The van der Waals surface area contributed by atoms with Crippen molar-refractivity contribution in [2.45, 2.75) is 20.8 Å². The third-order valence-corrected chi connectivity index (χ3v) is 5.65. The second-order valence-corrected chi connectivity index (χ2v) is 7.42. The summed E-state index contributed by atoms with van der Waals surface area (Å²) in [4.78, 5) is 39.3. The molecule has 3 aromatic heterocycles. The van der Waals surface area contributed by atoms with Crippen LogP contribution in [0.5, 0.6) is 11.8 Å². The SMILES string of the molecule is CC.Cc1nc(Oc2ccccc2)ncc1N1C(=O)Nc2c(C(=O)O)sc3nccc1c23. The van der Waals surface area contributed by atoms with E-state index in [1.807, 2.05) is 32.0 Å². The number of thiophene rings is 1. The van der Waals surface area contributed by atoms with E-state index in [0.717, 1.165) is 11.3 Å². The predicted molar refractivity (Wildman–Crippen MR) is 122 cm³/mol. The number of carbonyl (C=O) groups excluding carboxylic acids is 1. The number of hydrogen-bond acceptors (Lipinski definition) is 7. The van der Waals surface area contributed by atoms with Gasteiger partial charge in [0.15, 0.2) is 0 Å². The van der Waals surface area contributed by atoms with Gasteiger partial charge >= 0.3 is 18.0 Å². The van der Waals surface area contributed by atoms with Crippen LogP contribution >= 0.6 is 11.3 Å². The van der Waals surface area contributed by atoms with Crippen molar-refractivity contribution >= 4 is 50.6 Å². The van der Waals surface area contributed by atoms with Crippen LogP contribution in [0.4, 0.5) is 21.9 Å². The Morgan fingerprint density at radius 2 is 1.88 bits per heavy atom. The molecule has 1 aliphatic heterocycles. The Bertz CT molecular complexity index is 1320. The van der Waals surface area contributed by atoms with Crippen molar-refractivity contribution in [2.75, 3.05) is 10.2 Å². The summed E-state index contributed by atoms with van der Waals surface area (Å²) in [7, 11) is 0. The summed E-state index contributed by atoms with van der Waals surface area (Å²) < 4.78 is 5.66. The molecule has 10 heteroatoms. The number of nitrogens with one attached hydrogen (secondary N) is 1. The second kappa shape index (κ2) is 8.60. The van der Waals surface area contributed by atoms with Crippen LogP contribution in [-0.2, 0) is 0 Å². The van der Waals surface area contributed by atoms with E-state index in [2.05, 4.69) is 20.3 Å². The highest BCUT2D eigenvalue weighted by Gasteiger charge is 2.33. The summed E-state index contributed by atoms with van der Waals surface area (Å²) in [6.07, 6.45) is 3.04. The Hall–Kier alpha value is -4.05. The molecule has 0 aliphatic carbocycles. The predicted octanol–water partition coefficient (Wildman–Crippen LogP) is 5.60. The lowest BCUT2D eigenvalue weighted by atomic mass is 10.1. The third kappa shape index (κ3) is 3.60. The quantitative estimate of drug-likeness (QED) is 0.417. The molecule has 9 nitrogen and oxygen atoms in total. The number of ether oxygens (including phenoxy) is 1. The number of amides is 2. The van der Waals surface area contributed by atoms with Gasteiger partial charge in [-0.1, -0.05) is 32.0 Å². The summed E-state index contributed by atoms with van der Waals surface area (Å²) in [6, 6.07) is 10.5. The first-order chi connectivity index (χ1) is 15.5. The minimum Gasteiger partial charge on any atom is -0.477 e. The van der Waals surface area contributed by atoms with Crippen LogP contribution in [0.3, 0.4) is 0 Å². The molecule has 0 fully saturated rings. The number of carbonyl (C=O) groups is 2. The lowest BCUT2D eigenvalue weighted by molar-refractivity contribution is 0.0703. The fourth-order valence-corrected chi connectivity index (χ4v) is 4.23. The van der Waals surface area contributed by atoms with E-state index >= 15 is 0 Å². The first-order valence-electron chi connectivity index (χ1n) is 9.85. The standard InChI is InChI=1S/C20H13N5O4S.C2H6/c1-10-13(9-22-19(23-10)29-11-5-3-2-4-6-11)25-12-7-8-21-17-14(12)15(24-20(25)28)16(30-17)18(26)27;1-2/h2-9H,1H3,(H,24,28)(H,26,27);1-2H3. The fraction of sp³-hybridized carbons (Fsp3) is 0.136. The van der Waals surface area contributed by atoms with E-state index in [1.165, 1.54) is 17.3 Å². The number of para-hydroxylation sites is 1. The average Bonchev–Trinajstić information content (AvgIpc) is 3.17. The molecule has 2 N–H and O–H groups in total. The van der Waals surface area contributed by atoms with Crippen LogP contribution in [0.1, 0.15) is 29.2 Å². The van der Waals surface area contributed by atoms with Gasteiger partial charge in [0.1, 0.15) is 15.5 Å². The maximum atomic E-state index is 12.9. The highest BCUT2D eigenvalue weighted by atomic mass is 32.1. The van der Waals surface area contributed by atoms with E-state index in [9.17, 15) is 14.7 Å². The highest BCUT2D eigenvalue weighted by Crippen LogP contribution is 2.45. The molecule has 4 aromatic rings. The molecule has 0 atom stereocenters. The molecule has 2 amide bonds. The van der Waals surface area contributed by atoms with Gasteiger partial charge in [0, 0.05) is 6.20 Å². The van der Waals surface area contributed by atoms with Gasteiger partial charge in [-0.3, -0.25) is 4.90 Å². The minimum absolute atomic E-state index is 0.0394. The molecule has 1 aromatic carbocycles. The Labute approximate surface area is 187 Å². The number of hydrogen-bond donors (Lipinski definition) is 2. The summed E-state index contributed by atoms with van der Waals surface area (Å²) in [6.45, 7) is 5.74. The normalized spacial score (nSPS) is 12.1. The first kappa shape index (κ1) is 21.2. The van der Waals surface area contributed by atoms with Crippen molar-refractivity contribution in [3.8, 4) is 11.8 Å². The highest BCUT2D eigenvalue weighted by molar-refractivity contribution is 7.21. The molecular formula is C22H19N5O4S. The summed E-state index contributed by atoms with van der Waals surface area (Å²) in [5.74, 6) is -0.519. The smallest absolute Gasteiger partial charge is 0.348 e. The largest absolute Gasteiger partial charge is 0.477 e. The van der Waals surface area contributed by atoms with Crippen LogP contribution in [0.25, 0.3) is 10.2 Å². The Balaban J connectivity index is 0.00000119. The maximum Gasteiger partial charge on any atom is 0.348 e. The van der Waals surface area contributed by atoms with Gasteiger partial charge in [-0.2, -0.15) is 4.98 Å². The molecule has 0 bridgehead atoms. The van der Waals surface area contributed by atoms with E-state index in [0.29, 0.717) is 33.0 Å². The molecular weight excluding hydrogens is 430 g/mol. The van der Waals surface area contributed by atoms with Crippen molar-refractivity contribution < 1.29 is 19.4 Å². The number of rotatable bonds is 4. The monoisotopic (exact) mass is 449 g/mol. The number of urea groups is 1. The topological polar surface area (TPSA) is 118 Å². The van der Waals surface area contributed by atoms with Gasteiger partial charge in [0.25, 0.3) is 0 Å². The van der Waals surface area contributed by atoms with Crippen LogP contribution in [0.2, 0.25) is 0 Å². The van der Waals surface area contributed by atoms with Crippen LogP contribution < -0.4 is 15.0 Å². The van der Waals surface area contributed by atoms with E-state index in [4.69, 9.17) is 4.74 Å². The number of nitrogens with zero attached hydrogens (tertiary/aromatic N) is 4.